The van der Waals surface area contributed by atoms with Crippen LogP contribution in [0.4, 0.5) is 61.9 Å². The van der Waals surface area contributed by atoms with Gasteiger partial charge in [0.1, 0.15) is 28.0 Å². The van der Waals surface area contributed by atoms with E-state index in [0.717, 1.165) is 57.8 Å². The number of alkyl halides is 13. The van der Waals surface area contributed by atoms with Crippen LogP contribution in [0.1, 0.15) is 165 Å². The number of aliphatic hydroxyl groups is 1. The molecule has 10 fully saturated rings. The molecule has 0 spiro atoms. The van der Waals surface area contributed by atoms with E-state index >= 15 is 0 Å². The van der Waals surface area contributed by atoms with Gasteiger partial charge in [-0.1, -0.05) is 40.2 Å². The molecule has 10 saturated carbocycles. The summed E-state index contributed by atoms with van der Waals surface area (Å²) in [6, 6.07) is 0. The lowest BCUT2D eigenvalue weighted by Gasteiger charge is -2.59. The third kappa shape index (κ3) is 12.7. The Morgan fingerprint density at radius 1 is 0.580 bits per heavy atom. The molecule has 10 bridgehead atoms. The van der Waals surface area contributed by atoms with Gasteiger partial charge in [-0.3, -0.25) is 0 Å². The van der Waals surface area contributed by atoms with Gasteiger partial charge in [0, 0.05) is 42.1 Å². The Morgan fingerprint density at radius 2 is 0.988 bits per heavy atom. The fourth-order valence-electron chi connectivity index (χ4n) is 13.9. The monoisotopic (exact) mass is 1180 g/mol. The van der Waals surface area contributed by atoms with Crippen molar-refractivity contribution in [2.45, 2.75) is 245 Å². The molecule has 0 saturated heterocycles. The summed E-state index contributed by atoms with van der Waals surface area (Å²) in [6.07, 6.45) is 1.70. The maximum absolute atomic E-state index is 14.0. The minimum Gasteiger partial charge on any atom is -0.456 e. The number of hydrogen-bond donors (Lipinski definition) is 1. The van der Waals surface area contributed by atoms with E-state index in [4.69, 9.17) is 23.7 Å². The van der Waals surface area contributed by atoms with Gasteiger partial charge in [0.15, 0.2) is 0 Å². The van der Waals surface area contributed by atoms with Crippen LogP contribution in [0, 0.1) is 23.7 Å². The summed E-state index contributed by atoms with van der Waals surface area (Å²) in [6.45, 7) is 27.3. The average molecular weight is 1190 g/mol. The number of carbonyl (C=O) groups is 5. The van der Waals surface area contributed by atoms with E-state index in [0.29, 0.717) is 60.5 Å². The molecule has 10 aliphatic carbocycles. The smallest absolute Gasteiger partial charge is 0.456 e. The lowest BCUT2D eigenvalue weighted by molar-refractivity contribution is -0.361. The highest BCUT2D eigenvalue weighted by Gasteiger charge is 3.13. The Morgan fingerprint density at radius 3 is 1.35 bits per heavy atom. The third-order valence-electron chi connectivity index (χ3n) is 16.7. The molecule has 0 aliphatic heterocycles. The Balaban J connectivity index is 0.000000200. The van der Waals surface area contributed by atoms with Crippen LogP contribution in [-0.4, -0.2) is 116 Å². The summed E-state index contributed by atoms with van der Waals surface area (Å²) >= 11 is 0. The highest BCUT2D eigenvalue weighted by molar-refractivity contribution is 5.88. The van der Waals surface area contributed by atoms with Crippen LogP contribution in [0.3, 0.4) is 0 Å². The molecule has 0 aromatic carbocycles. The second-order valence-electron chi connectivity index (χ2n) is 24.9. The van der Waals surface area contributed by atoms with Crippen LogP contribution in [0.25, 0.3) is 0 Å². The van der Waals surface area contributed by atoms with E-state index in [1.807, 2.05) is 34.6 Å². The highest BCUT2D eigenvalue weighted by atomic mass is 19.4. The Labute approximate surface area is 461 Å². The lowest BCUT2D eigenvalue weighted by Crippen LogP contribution is -2.72. The van der Waals surface area contributed by atoms with Gasteiger partial charge in [0.2, 0.25) is 6.10 Å². The average Bonchev–Trinajstić information content (AvgIpc) is 3.42. The van der Waals surface area contributed by atoms with E-state index in [-0.39, 0.29) is 36.4 Å². The molecule has 1 N–H and O–H groups in total. The molecule has 7 unspecified atom stereocenters. The van der Waals surface area contributed by atoms with Crippen LogP contribution in [0.5, 0.6) is 0 Å². The summed E-state index contributed by atoms with van der Waals surface area (Å²) in [4.78, 5) is 58.2. The van der Waals surface area contributed by atoms with Crippen molar-refractivity contribution in [2.75, 3.05) is 0 Å². The predicted octanol–water partition coefficient (Wildman–Crippen LogP) is 13.8. The Bertz CT molecular complexity index is 2450. The number of rotatable bonds is 14. The van der Waals surface area contributed by atoms with E-state index < -0.39 is 105 Å². The molecule has 460 valence electrons. The zero-order valence-electron chi connectivity index (χ0n) is 46.7. The number of esters is 4. The summed E-state index contributed by atoms with van der Waals surface area (Å²) in [5, 5.41) is 10.5. The molecular weight excluding hydrogens is 1110 g/mol. The van der Waals surface area contributed by atoms with Crippen molar-refractivity contribution in [1.29, 1.82) is 0 Å². The van der Waals surface area contributed by atoms with Gasteiger partial charge >= 0.3 is 65.6 Å². The predicted molar refractivity (Wildman–Crippen MR) is 263 cm³/mol. The largest absolute Gasteiger partial charge is 0.509 e. The van der Waals surface area contributed by atoms with Crippen LogP contribution in [0.2, 0.25) is 0 Å². The van der Waals surface area contributed by atoms with Crippen molar-refractivity contribution in [2.24, 2.45) is 23.7 Å². The van der Waals surface area contributed by atoms with E-state index in [1.165, 1.54) is 13.3 Å². The quantitative estimate of drug-likeness (QED) is 0.0760. The van der Waals surface area contributed by atoms with Gasteiger partial charge in [-0.25, -0.2) is 32.8 Å². The topological polar surface area (TPSA) is 161 Å². The molecule has 7 atom stereocenters. The second-order valence-corrected chi connectivity index (χ2v) is 24.9. The first-order valence-electron chi connectivity index (χ1n) is 26.7. The van der Waals surface area contributed by atoms with Crippen LogP contribution >= 0.6 is 0 Å². The molecule has 0 radical (unpaired) electrons. The van der Waals surface area contributed by atoms with Crippen molar-refractivity contribution in [1.82, 2.24) is 0 Å². The molecule has 0 heterocycles. The molecule has 0 amide bonds. The summed E-state index contributed by atoms with van der Waals surface area (Å²) < 4.78 is 202. The van der Waals surface area contributed by atoms with Crippen molar-refractivity contribution in [3.63, 3.8) is 0 Å². The first-order chi connectivity index (χ1) is 36.6. The minimum absolute atomic E-state index is 0.00916. The summed E-state index contributed by atoms with van der Waals surface area (Å²) in [7, 11) is 0. The van der Waals surface area contributed by atoms with Gasteiger partial charge in [-0.2, -0.15) is 48.3 Å². The number of carbonyl (C=O) groups excluding carboxylic acids is 5. The number of halogens is 13. The van der Waals surface area contributed by atoms with Crippen LogP contribution < -0.4 is 0 Å². The van der Waals surface area contributed by atoms with E-state index in [2.05, 4.69) is 31.1 Å². The van der Waals surface area contributed by atoms with Crippen molar-refractivity contribution < 1.29 is 115 Å². The standard InChI is InChI=1S/C19H28O5.C14H20O3.C13H21F3O2.C10H4F10O2/c1-12(2)15(20)22-18-7-13-6-14(8-18)10-19(9-13,11-18)24-16(21)23-17(3,4)5;1-9(2)12(15)17-14-6-10-3-11(7-14)5-13(16,4-10)8-14;1-5-12(6-2,18-11(17)10(3)4)8-7-9-13(14,15)16;1-2-3(21)22-4-5(11)8(15,16)7(14,6(4,12)13)10(19,20)9(5,17)18/h13-14H,1,6-11H2,2-5H3;10-11,16H,1,3-8H2,2H3;3,5-9H2,1-2,4H3;2,4H,1H2. The molecular formula is C56H73F13O12. The zero-order valence-corrected chi connectivity index (χ0v) is 46.7. The van der Waals surface area contributed by atoms with Crippen molar-refractivity contribution >= 4 is 30.0 Å². The molecule has 12 nitrogen and oxygen atoms in total. The fourth-order valence-corrected chi connectivity index (χ4v) is 13.9. The van der Waals surface area contributed by atoms with Crippen molar-refractivity contribution in [3.8, 4) is 0 Å². The summed E-state index contributed by atoms with van der Waals surface area (Å²) in [5.41, 5.74) is -15.0. The third-order valence-corrected chi connectivity index (χ3v) is 16.7. The Kier molecular flexibility index (Phi) is 18.4. The normalized spacial score (nSPS) is 35.2. The zero-order chi connectivity index (χ0) is 62.0. The first kappa shape index (κ1) is 67.0. The van der Waals surface area contributed by atoms with E-state index in [9.17, 15) is 86.2 Å². The van der Waals surface area contributed by atoms with Gasteiger partial charge in [-0.15, -0.1) is 0 Å². The molecule has 10 rings (SSSR count). The second kappa shape index (κ2) is 22.3. The lowest BCUT2D eigenvalue weighted by atomic mass is 9.52. The SMILES string of the molecule is C=C(C)C(=O)OC(CC)(CC)CCCC(F)(F)F.C=C(C)C(=O)OC12CC3CC(CC(O)(C3)C1)C2.C=C(C)C(=O)OC12CC3CC(CC(OC(=O)OC(C)(C)C)(C3)C1)C2.C=CC(=O)OC1C(F)(F)C2(F)C(F)(F)C(F)(F)C1(F)C2(F)F. The number of hydrogen-bond acceptors (Lipinski definition) is 12. The van der Waals surface area contributed by atoms with Crippen LogP contribution in [-0.2, 0) is 47.6 Å². The van der Waals surface area contributed by atoms with Crippen molar-refractivity contribution in [3.05, 3.63) is 49.1 Å². The van der Waals surface area contributed by atoms with Gasteiger partial charge < -0.3 is 33.5 Å². The number of fused-ring (bicyclic) bond motifs is 2. The molecule has 10 aliphatic rings. The summed E-state index contributed by atoms with van der Waals surface area (Å²) in [5.74, 6) is -27.3. The molecule has 0 aromatic heterocycles. The minimum atomic E-state index is -6.75. The molecule has 0 aromatic rings. The van der Waals surface area contributed by atoms with E-state index in [1.54, 1.807) is 13.8 Å². The first-order valence-corrected chi connectivity index (χ1v) is 26.7. The van der Waals surface area contributed by atoms with Gasteiger partial charge in [-0.05, 0) is 155 Å². The molecule has 81 heavy (non-hydrogen) atoms. The fraction of sp³-hybridized carbons (Fsp3) is 0.768. The number of ether oxygens (including phenoxy) is 6. The Hall–Kier alpha value is -4.84. The van der Waals surface area contributed by atoms with Gasteiger partial charge in [0.05, 0.1) is 5.60 Å². The maximum atomic E-state index is 14.0. The van der Waals surface area contributed by atoms with Crippen LogP contribution in [0.15, 0.2) is 49.1 Å². The van der Waals surface area contributed by atoms with Gasteiger partial charge in [0.25, 0.3) is 5.67 Å². The molecule has 25 heteroatoms. The highest BCUT2D eigenvalue weighted by Crippen LogP contribution is 2.79. The maximum Gasteiger partial charge on any atom is 0.509 e.